The number of aromatic nitrogens is 3. The predicted octanol–water partition coefficient (Wildman–Crippen LogP) is 2.41. The van der Waals surface area contributed by atoms with Gasteiger partial charge in [-0.15, -0.1) is 0 Å². The molecule has 12 heteroatoms. The maximum atomic E-state index is 13.0. The van der Waals surface area contributed by atoms with Gasteiger partial charge >= 0.3 is 6.18 Å². The van der Waals surface area contributed by atoms with Crippen molar-refractivity contribution in [3.05, 3.63) is 64.9 Å². The molecule has 0 aliphatic rings. The summed E-state index contributed by atoms with van der Waals surface area (Å²) >= 11 is 0. The number of nitrogen functional groups attached to an aromatic ring is 1. The Labute approximate surface area is 168 Å². The lowest BCUT2D eigenvalue weighted by atomic mass is 10.1. The van der Waals surface area contributed by atoms with E-state index >= 15 is 0 Å². The highest BCUT2D eigenvalue weighted by molar-refractivity contribution is 6.02. The Morgan fingerprint density at radius 1 is 1.27 bits per heavy atom. The predicted molar refractivity (Wildman–Crippen MR) is 98.9 cm³/mol. The van der Waals surface area contributed by atoms with Crippen molar-refractivity contribution in [2.75, 3.05) is 11.1 Å². The smallest absolute Gasteiger partial charge is 0.384 e. The van der Waals surface area contributed by atoms with Gasteiger partial charge in [-0.3, -0.25) is 10.1 Å². The number of hydrogen-bond donors (Lipinski definition) is 4. The molecule has 1 aromatic carbocycles. The van der Waals surface area contributed by atoms with Crippen molar-refractivity contribution in [2.24, 2.45) is 0 Å². The molecule has 0 fully saturated rings. The number of halogens is 3. The Hall–Kier alpha value is -3.51. The zero-order chi connectivity index (χ0) is 21.9. The highest BCUT2D eigenvalue weighted by Crippen LogP contribution is 2.33. The van der Waals surface area contributed by atoms with Crippen LogP contribution in [0, 0.1) is 6.92 Å². The van der Waals surface area contributed by atoms with Gasteiger partial charge in [0.25, 0.3) is 5.91 Å². The number of carbonyl (C=O) groups excluding carboxylic acids is 1. The van der Waals surface area contributed by atoms with E-state index in [2.05, 4.69) is 25.8 Å². The summed E-state index contributed by atoms with van der Waals surface area (Å²) in [7, 11) is 0. The second-order valence-electron chi connectivity index (χ2n) is 6.32. The minimum atomic E-state index is -4.54. The van der Waals surface area contributed by atoms with Gasteiger partial charge in [-0.25, -0.2) is 9.97 Å². The Balaban J connectivity index is 1.62. The van der Waals surface area contributed by atoms with E-state index in [1.807, 2.05) is 0 Å². The molecule has 2 heterocycles. The SMILES string of the molecule is Cc1ccc(NC(=O)c2cc(CNC(O)c3cc(N)ncn3)no2)cc1C(F)(F)F. The Bertz CT molecular complexity index is 1050. The summed E-state index contributed by atoms with van der Waals surface area (Å²) < 4.78 is 43.9. The normalized spacial score (nSPS) is 12.6. The monoisotopic (exact) mass is 422 g/mol. The van der Waals surface area contributed by atoms with Crippen molar-refractivity contribution >= 4 is 17.4 Å². The average molecular weight is 422 g/mol. The standard InChI is InChI=1S/C18H17F3N6O3/c1-9-2-3-10(4-12(9)18(19,20)21)26-17(29)14-5-11(27-30-14)7-23-16(28)13-6-15(22)25-8-24-13/h2-6,8,16,23,28H,7H2,1H3,(H,26,29)(H2,22,24,25). The molecule has 3 rings (SSSR count). The van der Waals surface area contributed by atoms with Crippen molar-refractivity contribution in [1.29, 1.82) is 0 Å². The lowest BCUT2D eigenvalue weighted by molar-refractivity contribution is -0.138. The Morgan fingerprint density at radius 3 is 2.73 bits per heavy atom. The number of aliphatic hydroxyl groups is 1. The topological polar surface area (TPSA) is 139 Å². The van der Waals surface area contributed by atoms with Gasteiger partial charge in [-0.05, 0) is 24.6 Å². The van der Waals surface area contributed by atoms with Crippen LogP contribution in [-0.4, -0.2) is 26.1 Å². The molecule has 9 nitrogen and oxygen atoms in total. The molecule has 0 bridgehead atoms. The molecule has 0 aliphatic heterocycles. The first-order valence-electron chi connectivity index (χ1n) is 8.57. The minimum absolute atomic E-state index is 0.0185. The number of carbonyl (C=O) groups is 1. The number of nitrogens with two attached hydrogens (primary N) is 1. The summed E-state index contributed by atoms with van der Waals surface area (Å²) in [4.78, 5) is 19.8. The van der Waals surface area contributed by atoms with Crippen LogP contribution < -0.4 is 16.4 Å². The summed E-state index contributed by atoms with van der Waals surface area (Å²) in [6, 6.07) is 6.13. The molecule has 0 saturated heterocycles. The molecule has 2 aromatic heterocycles. The van der Waals surface area contributed by atoms with Gasteiger partial charge in [0.05, 0.1) is 17.0 Å². The maximum Gasteiger partial charge on any atom is 0.416 e. The minimum Gasteiger partial charge on any atom is -0.384 e. The van der Waals surface area contributed by atoms with Crippen LogP contribution in [0.25, 0.3) is 0 Å². The molecule has 0 saturated carbocycles. The van der Waals surface area contributed by atoms with Crippen LogP contribution >= 0.6 is 0 Å². The van der Waals surface area contributed by atoms with Gasteiger partial charge in [-0.1, -0.05) is 11.2 Å². The maximum absolute atomic E-state index is 13.0. The number of hydrogen-bond acceptors (Lipinski definition) is 8. The number of amides is 1. The summed E-state index contributed by atoms with van der Waals surface area (Å²) in [6.45, 7) is 1.35. The van der Waals surface area contributed by atoms with E-state index in [9.17, 15) is 23.1 Å². The summed E-state index contributed by atoms with van der Waals surface area (Å²) in [5, 5.41) is 18.8. The van der Waals surface area contributed by atoms with Crippen LogP contribution in [0.3, 0.4) is 0 Å². The van der Waals surface area contributed by atoms with Gasteiger partial charge in [0.1, 0.15) is 18.4 Å². The fourth-order valence-corrected chi connectivity index (χ4v) is 2.54. The van der Waals surface area contributed by atoms with Crippen LogP contribution in [0.5, 0.6) is 0 Å². The fraction of sp³-hybridized carbons (Fsp3) is 0.222. The van der Waals surface area contributed by atoms with Crippen LogP contribution in [0.1, 0.15) is 39.3 Å². The van der Waals surface area contributed by atoms with Crippen LogP contribution in [-0.2, 0) is 12.7 Å². The third kappa shape index (κ3) is 5.10. The molecule has 0 spiro atoms. The molecule has 3 aromatic rings. The van der Waals surface area contributed by atoms with Gasteiger partial charge in [0, 0.05) is 24.4 Å². The zero-order valence-corrected chi connectivity index (χ0v) is 15.6. The molecule has 0 radical (unpaired) electrons. The summed E-state index contributed by atoms with van der Waals surface area (Å²) in [5.74, 6) is -0.789. The molecule has 158 valence electrons. The largest absolute Gasteiger partial charge is 0.416 e. The highest BCUT2D eigenvalue weighted by atomic mass is 19.4. The molecular weight excluding hydrogens is 405 g/mol. The lowest BCUT2D eigenvalue weighted by Gasteiger charge is -2.12. The van der Waals surface area contributed by atoms with Crippen LogP contribution in [0.15, 0.2) is 41.2 Å². The number of nitrogens with zero attached hydrogens (tertiary/aromatic N) is 3. The van der Waals surface area contributed by atoms with Gasteiger partial charge in [0.2, 0.25) is 5.76 Å². The fourth-order valence-electron chi connectivity index (χ4n) is 2.54. The zero-order valence-electron chi connectivity index (χ0n) is 15.6. The number of aryl methyl sites for hydroxylation is 1. The molecule has 30 heavy (non-hydrogen) atoms. The first kappa shape index (κ1) is 21.2. The second-order valence-corrected chi connectivity index (χ2v) is 6.32. The Kier molecular flexibility index (Phi) is 5.99. The van der Waals surface area contributed by atoms with Gasteiger partial charge in [0.15, 0.2) is 0 Å². The van der Waals surface area contributed by atoms with E-state index in [4.69, 9.17) is 10.3 Å². The quantitative estimate of drug-likeness (QED) is 0.444. The van der Waals surface area contributed by atoms with Crippen molar-refractivity contribution in [3.8, 4) is 0 Å². The molecular formula is C18H17F3N6O3. The number of nitrogens with one attached hydrogen (secondary N) is 2. The third-order valence-electron chi connectivity index (χ3n) is 4.05. The molecule has 1 amide bonds. The van der Waals surface area contributed by atoms with Crippen molar-refractivity contribution < 1.29 is 27.6 Å². The molecule has 0 aliphatic carbocycles. The first-order chi connectivity index (χ1) is 14.1. The van der Waals surface area contributed by atoms with E-state index < -0.39 is 23.9 Å². The summed E-state index contributed by atoms with van der Waals surface area (Å²) in [6.07, 6.45) is -4.51. The van der Waals surface area contributed by atoms with Crippen molar-refractivity contribution in [1.82, 2.24) is 20.4 Å². The second kappa shape index (κ2) is 8.47. The van der Waals surface area contributed by atoms with Gasteiger partial charge < -0.3 is 20.7 Å². The van der Waals surface area contributed by atoms with Crippen LogP contribution in [0.4, 0.5) is 24.7 Å². The molecule has 1 atom stereocenters. The van der Waals surface area contributed by atoms with E-state index in [-0.39, 0.29) is 40.8 Å². The number of benzene rings is 1. The first-order valence-corrected chi connectivity index (χ1v) is 8.57. The van der Waals surface area contributed by atoms with Gasteiger partial charge in [-0.2, -0.15) is 13.2 Å². The number of aliphatic hydroxyl groups excluding tert-OH is 1. The molecule has 5 N–H and O–H groups in total. The Morgan fingerprint density at radius 2 is 2.03 bits per heavy atom. The third-order valence-corrected chi connectivity index (χ3v) is 4.05. The van der Waals surface area contributed by atoms with E-state index in [0.29, 0.717) is 0 Å². The van der Waals surface area contributed by atoms with Crippen molar-refractivity contribution in [2.45, 2.75) is 25.9 Å². The number of alkyl halides is 3. The van der Waals surface area contributed by atoms with E-state index in [1.54, 1.807) is 0 Å². The van der Waals surface area contributed by atoms with Crippen molar-refractivity contribution in [3.63, 3.8) is 0 Å². The lowest BCUT2D eigenvalue weighted by Crippen LogP contribution is -2.21. The summed E-state index contributed by atoms with van der Waals surface area (Å²) in [5.41, 5.74) is 5.20. The van der Waals surface area contributed by atoms with E-state index in [1.165, 1.54) is 37.5 Å². The average Bonchev–Trinajstić information content (AvgIpc) is 3.16. The van der Waals surface area contributed by atoms with Crippen LogP contribution in [0.2, 0.25) is 0 Å². The molecule has 1 unspecified atom stereocenters. The van der Waals surface area contributed by atoms with E-state index in [0.717, 1.165) is 6.07 Å². The highest BCUT2D eigenvalue weighted by Gasteiger charge is 2.32. The number of anilines is 2. The number of rotatable bonds is 6.